The number of halogens is 3. The first-order valence-corrected chi connectivity index (χ1v) is 14.3. The number of para-hydroxylation sites is 1. The number of nitrogens with zero attached hydrogens (tertiary/aromatic N) is 1. The number of aliphatic imine (C=N–C) groups is 1. The molecular weight excluding hydrogens is 625 g/mol. The van der Waals surface area contributed by atoms with Crippen molar-refractivity contribution in [1.82, 2.24) is 0 Å². The van der Waals surface area contributed by atoms with Gasteiger partial charge in [0.25, 0.3) is 0 Å². The van der Waals surface area contributed by atoms with Gasteiger partial charge in [-0.2, -0.15) is 0 Å². The summed E-state index contributed by atoms with van der Waals surface area (Å²) in [6, 6.07) is 18.0. The molecule has 39 heavy (non-hydrogen) atoms. The van der Waals surface area contributed by atoms with E-state index in [2.05, 4.69) is 20.9 Å². The number of aliphatic hydroxyl groups excluding tert-OH is 1. The molecule has 1 aliphatic heterocycles. The second kappa shape index (κ2) is 13.4. The summed E-state index contributed by atoms with van der Waals surface area (Å²) in [6.45, 7) is 4.38. The summed E-state index contributed by atoms with van der Waals surface area (Å²) in [5.41, 5.74) is 2.16. The third kappa shape index (κ3) is 7.19. The number of thioether (sulfide) groups is 1. The summed E-state index contributed by atoms with van der Waals surface area (Å²) >= 11 is 17.1. The molecule has 0 spiro atoms. The highest BCUT2D eigenvalue weighted by molar-refractivity contribution is 9.10. The molecule has 3 aromatic carbocycles. The molecule has 0 aromatic heterocycles. The second-order valence-corrected chi connectivity index (χ2v) is 10.8. The van der Waals surface area contributed by atoms with Crippen molar-refractivity contribution >= 4 is 73.7 Å². The Morgan fingerprint density at radius 3 is 2.46 bits per heavy atom. The molecule has 0 saturated carbocycles. The van der Waals surface area contributed by atoms with E-state index in [9.17, 15) is 9.90 Å². The summed E-state index contributed by atoms with van der Waals surface area (Å²) in [6.07, 6.45) is 1.75. The fourth-order valence-electron chi connectivity index (χ4n) is 3.59. The number of aliphatic hydroxyl groups is 1. The Morgan fingerprint density at radius 2 is 1.77 bits per heavy atom. The summed E-state index contributed by atoms with van der Waals surface area (Å²) < 4.78 is 17.8. The highest BCUT2D eigenvalue weighted by Crippen LogP contribution is 2.42. The van der Waals surface area contributed by atoms with E-state index < -0.39 is 5.97 Å². The Labute approximate surface area is 249 Å². The molecule has 0 aliphatic carbocycles. The minimum atomic E-state index is -0.640. The lowest BCUT2D eigenvalue weighted by Crippen LogP contribution is -2.12. The predicted octanol–water partition coefficient (Wildman–Crippen LogP) is 8.93. The molecule has 1 heterocycles. The molecule has 0 atom stereocenters. The van der Waals surface area contributed by atoms with Crippen LogP contribution in [0.2, 0.25) is 10.0 Å². The van der Waals surface area contributed by atoms with Crippen LogP contribution in [0.5, 0.6) is 11.5 Å². The molecule has 0 saturated heterocycles. The van der Waals surface area contributed by atoms with Crippen LogP contribution in [0, 0.1) is 0 Å². The zero-order chi connectivity index (χ0) is 27.9. The molecule has 202 valence electrons. The van der Waals surface area contributed by atoms with Gasteiger partial charge in [0, 0.05) is 20.1 Å². The van der Waals surface area contributed by atoms with Crippen molar-refractivity contribution in [2.24, 2.45) is 4.99 Å². The highest BCUT2D eigenvalue weighted by atomic mass is 79.9. The third-order valence-electron chi connectivity index (χ3n) is 5.40. The number of rotatable bonds is 9. The number of carbonyl (C=O) groups is 1. The van der Waals surface area contributed by atoms with Crippen molar-refractivity contribution in [3.05, 3.63) is 103 Å². The molecule has 0 amide bonds. The Bertz CT molecular complexity index is 1470. The molecule has 1 aliphatic rings. The first kappa shape index (κ1) is 29.1. The maximum absolute atomic E-state index is 12.7. The Kier molecular flexibility index (Phi) is 10.0. The van der Waals surface area contributed by atoms with Crippen LogP contribution in [0.25, 0.3) is 6.08 Å². The van der Waals surface area contributed by atoms with Crippen molar-refractivity contribution in [2.45, 2.75) is 20.5 Å². The van der Waals surface area contributed by atoms with Gasteiger partial charge in [-0.05, 0) is 61.9 Å². The van der Waals surface area contributed by atoms with Gasteiger partial charge in [-0.1, -0.05) is 75.2 Å². The van der Waals surface area contributed by atoms with Crippen LogP contribution in [-0.2, 0) is 16.1 Å². The maximum Gasteiger partial charge on any atom is 0.344 e. The van der Waals surface area contributed by atoms with Gasteiger partial charge >= 0.3 is 5.97 Å². The van der Waals surface area contributed by atoms with Gasteiger partial charge in [0.2, 0.25) is 0 Å². The topological polar surface area (TPSA) is 77.4 Å². The molecule has 0 unspecified atom stereocenters. The average molecular weight is 649 g/mol. The number of ether oxygens (including phenoxy) is 3. The first-order valence-electron chi connectivity index (χ1n) is 12.0. The smallest absolute Gasteiger partial charge is 0.344 e. The summed E-state index contributed by atoms with van der Waals surface area (Å²) in [5, 5.41) is 12.4. The minimum Gasteiger partial charge on any atom is -0.506 e. The lowest BCUT2D eigenvalue weighted by Gasteiger charge is -2.15. The quantitative estimate of drug-likeness (QED) is 0.233. The lowest BCUT2D eigenvalue weighted by molar-refractivity contribution is -0.138. The number of esters is 1. The van der Waals surface area contributed by atoms with E-state index in [1.165, 1.54) is 11.8 Å². The molecule has 4 rings (SSSR count). The van der Waals surface area contributed by atoms with Gasteiger partial charge in [0.05, 0.1) is 23.8 Å². The SMILES string of the molecule is CCOC(=O)C1=C(O)/C(=C/c2cc(OCC)c(OCc3ccc(Cl)cc3Cl)cc2Br)SC1=Nc1ccccc1. The molecule has 3 aromatic rings. The van der Waals surface area contributed by atoms with Crippen molar-refractivity contribution < 1.29 is 24.1 Å². The first-order chi connectivity index (χ1) is 18.8. The summed E-state index contributed by atoms with van der Waals surface area (Å²) in [7, 11) is 0. The predicted molar refractivity (Wildman–Crippen MR) is 161 cm³/mol. The van der Waals surface area contributed by atoms with Crippen LogP contribution in [0.1, 0.15) is 25.0 Å². The maximum atomic E-state index is 12.7. The second-order valence-electron chi connectivity index (χ2n) is 8.09. The number of hydrogen-bond donors (Lipinski definition) is 1. The number of carbonyl (C=O) groups excluding carboxylic acids is 1. The van der Waals surface area contributed by atoms with Crippen molar-refractivity contribution in [1.29, 1.82) is 0 Å². The van der Waals surface area contributed by atoms with E-state index >= 15 is 0 Å². The normalized spacial score (nSPS) is 15.2. The van der Waals surface area contributed by atoms with E-state index in [0.29, 0.717) is 53.8 Å². The highest BCUT2D eigenvalue weighted by Gasteiger charge is 2.33. The van der Waals surface area contributed by atoms with E-state index in [1.807, 2.05) is 37.3 Å². The Hall–Kier alpha value is -2.91. The third-order valence-corrected chi connectivity index (χ3v) is 7.70. The largest absolute Gasteiger partial charge is 0.506 e. The van der Waals surface area contributed by atoms with E-state index in [1.54, 1.807) is 43.3 Å². The molecular formula is C29H24BrCl2NO5S. The molecule has 0 bridgehead atoms. The fourth-order valence-corrected chi connectivity index (χ4v) is 5.52. The van der Waals surface area contributed by atoms with Gasteiger partial charge in [0.15, 0.2) is 11.5 Å². The van der Waals surface area contributed by atoms with Crippen LogP contribution in [0.15, 0.2) is 86.4 Å². The van der Waals surface area contributed by atoms with Gasteiger partial charge in [-0.15, -0.1) is 0 Å². The van der Waals surface area contributed by atoms with Crippen LogP contribution in [0.4, 0.5) is 5.69 Å². The van der Waals surface area contributed by atoms with E-state index in [4.69, 9.17) is 37.4 Å². The van der Waals surface area contributed by atoms with Crippen LogP contribution in [0.3, 0.4) is 0 Å². The molecule has 6 nitrogen and oxygen atoms in total. The zero-order valence-electron chi connectivity index (χ0n) is 21.0. The zero-order valence-corrected chi connectivity index (χ0v) is 25.0. The molecule has 0 radical (unpaired) electrons. The van der Waals surface area contributed by atoms with E-state index in [-0.39, 0.29) is 24.5 Å². The van der Waals surface area contributed by atoms with Crippen molar-refractivity contribution in [3.63, 3.8) is 0 Å². The Morgan fingerprint density at radius 1 is 1.03 bits per heavy atom. The van der Waals surface area contributed by atoms with Gasteiger partial charge in [-0.25, -0.2) is 9.79 Å². The van der Waals surface area contributed by atoms with Crippen molar-refractivity contribution in [3.8, 4) is 11.5 Å². The van der Waals surface area contributed by atoms with Gasteiger partial charge in [-0.3, -0.25) is 0 Å². The van der Waals surface area contributed by atoms with Gasteiger partial charge in [0.1, 0.15) is 23.0 Å². The minimum absolute atomic E-state index is 0.0258. The van der Waals surface area contributed by atoms with Crippen molar-refractivity contribution in [2.75, 3.05) is 13.2 Å². The molecule has 1 N–H and O–H groups in total. The summed E-state index contributed by atoms with van der Waals surface area (Å²) in [5.74, 6) is 0.178. The lowest BCUT2D eigenvalue weighted by atomic mass is 10.1. The van der Waals surface area contributed by atoms with Gasteiger partial charge < -0.3 is 19.3 Å². The van der Waals surface area contributed by atoms with Crippen LogP contribution < -0.4 is 9.47 Å². The van der Waals surface area contributed by atoms with Crippen LogP contribution >= 0.6 is 50.9 Å². The standard InChI is InChI=1S/C29H24BrCl2NO5S/c1-3-36-23-12-18(21(30)15-24(23)38-16-17-10-11-19(31)14-22(17)32)13-25-27(34)26(29(35)37-4-2)28(39-25)33-20-8-6-5-7-9-20/h5-15,34H,3-4,16H2,1-2H3/b25-13-,33-28?. The number of benzene rings is 3. The van der Waals surface area contributed by atoms with Crippen LogP contribution in [-0.4, -0.2) is 29.3 Å². The summed E-state index contributed by atoms with van der Waals surface area (Å²) in [4.78, 5) is 17.7. The molecule has 10 heteroatoms. The average Bonchev–Trinajstić information content (AvgIpc) is 3.20. The number of hydrogen-bond acceptors (Lipinski definition) is 7. The van der Waals surface area contributed by atoms with E-state index in [0.717, 1.165) is 5.56 Å². The fraction of sp³-hybridized carbons (Fsp3) is 0.172. The molecule has 0 fully saturated rings. The Balaban J connectivity index is 1.68. The monoisotopic (exact) mass is 647 g/mol.